The number of furan rings is 2. The highest BCUT2D eigenvalue weighted by atomic mass is 16.3. The van der Waals surface area contributed by atoms with Crippen LogP contribution in [0, 0.1) is 52.9 Å². The van der Waals surface area contributed by atoms with Crippen LogP contribution in [0.3, 0.4) is 0 Å². The molecule has 11 aromatic rings. The first-order valence-corrected chi connectivity index (χ1v) is 21.1. The SMILES string of the molecule is Cc1ccccc1N(c1ccc2cc3c(cc2c1)oc1cc2oc4cc5cc(N(c6ccccc6C)c6cccc(C)c6C)ccc5cc4c2c(C#N)c13)c1cccc(C)c1C. The number of aryl methyl sites for hydroxylation is 4. The quantitative estimate of drug-likeness (QED) is 0.168. The molecule has 0 aliphatic heterocycles. The number of hydrogen-bond donors (Lipinski definition) is 0. The lowest BCUT2D eigenvalue weighted by Crippen LogP contribution is -2.13. The summed E-state index contributed by atoms with van der Waals surface area (Å²) in [5, 5.41) is 18.6. The molecule has 62 heavy (non-hydrogen) atoms. The monoisotopic (exact) mass is 801 g/mol. The standard InChI is InChI=1S/C57H43N3O2/c1-33-15-11-19-50(37(33)5)59(48-17-9-7-13-35(48)3)43-23-21-39-27-45-52(29-41(39)25-43)61-54-31-55-57(47(32-58)56(45)54)46-28-40-22-24-44(26-42(40)30-53(46)62-55)60(49-18-10-8-14-36(49)4)51-20-12-16-34(2)38(51)6/h7-31H,1-6H3. The molecule has 2 heterocycles. The third kappa shape index (κ3) is 5.75. The van der Waals surface area contributed by atoms with Gasteiger partial charge in [-0.25, -0.2) is 0 Å². The summed E-state index contributed by atoms with van der Waals surface area (Å²) in [5.74, 6) is 0. The van der Waals surface area contributed by atoms with Gasteiger partial charge in [-0.2, -0.15) is 5.26 Å². The first-order chi connectivity index (χ1) is 30.2. The average molecular weight is 802 g/mol. The molecule has 11 rings (SSSR count). The maximum atomic E-state index is 10.9. The van der Waals surface area contributed by atoms with Crippen molar-refractivity contribution in [2.45, 2.75) is 41.5 Å². The van der Waals surface area contributed by atoms with Gasteiger partial charge in [0.05, 0.1) is 5.56 Å². The summed E-state index contributed by atoms with van der Waals surface area (Å²) in [6, 6.07) is 56.3. The molecule has 0 spiro atoms. The summed E-state index contributed by atoms with van der Waals surface area (Å²) < 4.78 is 13.3. The Morgan fingerprint density at radius 1 is 0.387 bits per heavy atom. The molecule has 0 unspecified atom stereocenters. The van der Waals surface area contributed by atoms with Crippen molar-refractivity contribution in [3.8, 4) is 6.07 Å². The molecule has 0 N–H and O–H groups in total. The van der Waals surface area contributed by atoms with Crippen molar-refractivity contribution in [1.29, 1.82) is 5.26 Å². The fourth-order valence-corrected chi connectivity index (χ4v) is 9.45. The van der Waals surface area contributed by atoms with Crippen molar-refractivity contribution in [1.82, 2.24) is 0 Å². The highest BCUT2D eigenvalue weighted by Gasteiger charge is 2.23. The van der Waals surface area contributed by atoms with E-state index in [1.165, 1.54) is 33.4 Å². The van der Waals surface area contributed by atoms with E-state index in [4.69, 9.17) is 8.83 Å². The van der Waals surface area contributed by atoms with Crippen molar-refractivity contribution >= 4 is 99.5 Å². The van der Waals surface area contributed by atoms with Gasteiger partial charge in [0.1, 0.15) is 28.4 Å². The van der Waals surface area contributed by atoms with Gasteiger partial charge in [0, 0.05) is 61.7 Å². The molecule has 2 aromatic heterocycles. The minimum Gasteiger partial charge on any atom is -0.456 e. The fourth-order valence-electron chi connectivity index (χ4n) is 9.45. The van der Waals surface area contributed by atoms with Crippen LogP contribution in [-0.4, -0.2) is 0 Å². The third-order valence-corrected chi connectivity index (χ3v) is 13.1. The van der Waals surface area contributed by atoms with Gasteiger partial charge >= 0.3 is 0 Å². The molecular formula is C57H43N3O2. The predicted molar refractivity (Wildman–Crippen MR) is 259 cm³/mol. The molecule has 0 saturated carbocycles. The van der Waals surface area contributed by atoms with E-state index in [1.807, 2.05) is 6.07 Å². The average Bonchev–Trinajstić information content (AvgIpc) is 3.81. The van der Waals surface area contributed by atoms with Gasteiger partial charge < -0.3 is 18.6 Å². The molecule has 0 amide bonds. The number of benzene rings is 9. The Balaban J connectivity index is 1.05. The van der Waals surface area contributed by atoms with E-state index < -0.39 is 0 Å². The lowest BCUT2D eigenvalue weighted by Gasteiger charge is -2.29. The van der Waals surface area contributed by atoms with Crippen LogP contribution in [-0.2, 0) is 0 Å². The molecule has 0 saturated heterocycles. The Morgan fingerprint density at radius 2 is 0.806 bits per heavy atom. The molecule has 0 atom stereocenters. The van der Waals surface area contributed by atoms with Crippen LogP contribution >= 0.6 is 0 Å². The summed E-state index contributed by atoms with van der Waals surface area (Å²) in [4.78, 5) is 4.70. The van der Waals surface area contributed by atoms with Gasteiger partial charge in [0.2, 0.25) is 0 Å². The highest BCUT2D eigenvalue weighted by molar-refractivity contribution is 6.22. The third-order valence-electron chi connectivity index (χ3n) is 13.1. The number of hydrogen-bond acceptors (Lipinski definition) is 5. The van der Waals surface area contributed by atoms with Gasteiger partial charge in [0.15, 0.2) is 0 Å². The summed E-state index contributed by atoms with van der Waals surface area (Å²) in [7, 11) is 0. The largest absolute Gasteiger partial charge is 0.456 e. The van der Waals surface area contributed by atoms with E-state index in [0.29, 0.717) is 16.7 Å². The number of nitriles is 1. The van der Waals surface area contributed by atoms with Gasteiger partial charge in [0.25, 0.3) is 0 Å². The Bertz CT molecular complexity index is 3460. The summed E-state index contributed by atoms with van der Waals surface area (Å²) >= 11 is 0. The Kier molecular flexibility index (Phi) is 8.49. The molecule has 0 fully saturated rings. The topological polar surface area (TPSA) is 56.6 Å². The summed E-state index contributed by atoms with van der Waals surface area (Å²) in [6.45, 7) is 13.0. The Labute approximate surface area is 360 Å². The number of fused-ring (bicyclic) bond motifs is 8. The van der Waals surface area contributed by atoms with Crippen LogP contribution in [0.15, 0.2) is 160 Å². The molecule has 0 aliphatic rings. The number of rotatable bonds is 6. The normalized spacial score (nSPS) is 11.7. The second kappa shape index (κ2) is 14.1. The van der Waals surface area contributed by atoms with Gasteiger partial charge in [-0.3, -0.25) is 0 Å². The lowest BCUT2D eigenvalue weighted by molar-refractivity contribution is 0.656. The number of para-hydroxylation sites is 2. The summed E-state index contributed by atoms with van der Waals surface area (Å²) in [6.07, 6.45) is 0. The molecule has 0 radical (unpaired) electrons. The zero-order valence-electron chi connectivity index (χ0n) is 35.6. The smallest absolute Gasteiger partial charge is 0.140 e. The second-order valence-corrected chi connectivity index (χ2v) is 16.8. The van der Waals surface area contributed by atoms with Crippen molar-refractivity contribution in [2.75, 3.05) is 9.80 Å². The lowest BCUT2D eigenvalue weighted by atomic mass is 9.98. The van der Waals surface area contributed by atoms with E-state index in [1.54, 1.807) is 0 Å². The first-order valence-electron chi connectivity index (χ1n) is 21.1. The van der Waals surface area contributed by atoms with Crippen molar-refractivity contribution in [3.63, 3.8) is 0 Å². The van der Waals surface area contributed by atoms with Gasteiger partial charge in [-0.15, -0.1) is 0 Å². The molecule has 298 valence electrons. The Hall–Kier alpha value is -7.81. The first kappa shape index (κ1) is 37.2. The maximum Gasteiger partial charge on any atom is 0.140 e. The van der Waals surface area contributed by atoms with Gasteiger partial charge in [-0.1, -0.05) is 72.8 Å². The molecule has 5 nitrogen and oxygen atoms in total. The molecule has 9 aromatic carbocycles. The van der Waals surface area contributed by atoms with E-state index in [-0.39, 0.29) is 0 Å². The van der Waals surface area contributed by atoms with Crippen LogP contribution < -0.4 is 9.80 Å². The minimum absolute atomic E-state index is 0.559. The number of nitrogens with zero attached hydrogens (tertiary/aromatic N) is 3. The summed E-state index contributed by atoms with van der Waals surface area (Å²) in [5.41, 5.74) is 17.3. The molecular weight excluding hydrogens is 759 g/mol. The van der Waals surface area contributed by atoms with E-state index in [9.17, 15) is 5.26 Å². The van der Waals surface area contributed by atoms with Crippen molar-refractivity contribution in [3.05, 3.63) is 191 Å². The van der Waals surface area contributed by atoms with Crippen LogP contribution in [0.4, 0.5) is 34.1 Å². The van der Waals surface area contributed by atoms with Crippen LogP contribution in [0.5, 0.6) is 0 Å². The van der Waals surface area contributed by atoms with Crippen molar-refractivity contribution < 1.29 is 8.83 Å². The molecule has 0 bridgehead atoms. The molecule has 5 heteroatoms. The van der Waals surface area contributed by atoms with E-state index >= 15 is 0 Å². The van der Waals surface area contributed by atoms with Crippen LogP contribution in [0.2, 0.25) is 0 Å². The zero-order valence-corrected chi connectivity index (χ0v) is 35.6. The minimum atomic E-state index is 0.559. The fraction of sp³-hybridized carbons (Fsp3) is 0.105. The van der Waals surface area contributed by atoms with E-state index in [0.717, 1.165) is 88.4 Å². The maximum absolute atomic E-state index is 10.9. The van der Waals surface area contributed by atoms with Gasteiger partial charge in [-0.05, 0) is 169 Å². The number of anilines is 6. The molecule has 0 aliphatic carbocycles. The predicted octanol–water partition coefficient (Wildman–Crippen LogP) is 16.5. The van der Waals surface area contributed by atoms with Crippen molar-refractivity contribution in [2.24, 2.45) is 0 Å². The highest BCUT2D eigenvalue weighted by Crippen LogP contribution is 2.46. The van der Waals surface area contributed by atoms with E-state index in [2.05, 4.69) is 203 Å². The zero-order chi connectivity index (χ0) is 42.4. The van der Waals surface area contributed by atoms with Crippen LogP contribution in [0.25, 0.3) is 65.4 Å². The second-order valence-electron chi connectivity index (χ2n) is 16.8. The van der Waals surface area contributed by atoms with Crippen LogP contribution in [0.1, 0.15) is 38.9 Å². The Morgan fingerprint density at radius 3 is 1.24 bits per heavy atom.